The molecule has 6 nitrogen and oxygen atoms in total. The molecular weight excluding hydrogens is 222 g/mol. The van der Waals surface area contributed by atoms with E-state index in [2.05, 4.69) is 4.72 Å². The Hall–Kier alpha value is -0.920. The summed E-state index contributed by atoms with van der Waals surface area (Å²) in [6.07, 6.45) is 0. The fourth-order valence-electron chi connectivity index (χ4n) is 1.12. The first kappa shape index (κ1) is 12.2. The highest BCUT2D eigenvalue weighted by molar-refractivity contribution is 7.77. The van der Waals surface area contributed by atoms with Gasteiger partial charge in [-0.25, -0.2) is 9.52 Å². The minimum atomic E-state index is -2.40. The lowest BCUT2D eigenvalue weighted by Crippen LogP contribution is -2.19. The van der Waals surface area contributed by atoms with Crippen molar-refractivity contribution >= 4 is 11.3 Å². The number of rotatable bonds is 3. The van der Waals surface area contributed by atoms with Crippen LogP contribution in [0, 0.1) is 0 Å². The third kappa shape index (κ3) is 3.29. The molecule has 1 rings (SSSR count). The van der Waals surface area contributed by atoms with Crippen molar-refractivity contribution in [1.82, 2.24) is 4.72 Å². The van der Waals surface area contributed by atoms with Crippen molar-refractivity contribution in [3.05, 3.63) is 22.1 Å². The van der Waals surface area contributed by atoms with E-state index in [4.69, 9.17) is 8.83 Å². The number of hydrogen-bond acceptors (Lipinski definition) is 5. The Labute approximate surface area is 89.1 Å². The molecular formula is C8H12NO5S-. The topological polar surface area (TPSA) is 95.5 Å². The molecule has 0 aliphatic rings. The molecule has 0 spiro atoms. The highest BCUT2D eigenvalue weighted by Crippen LogP contribution is 2.24. The first-order valence-electron chi connectivity index (χ1n) is 4.27. The zero-order valence-electron chi connectivity index (χ0n) is 8.66. The SMILES string of the molecule is CC(C)(C)c1oc(=O)oc1CNS(=O)[O-]. The van der Waals surface area contributed by atoms with Gasteiger partial charge in [0.1, 0.15) is 0 Å². The summed E-state index contributed by atoms with van der Waals surface area (Å²) in [7, 11) is 0. The summed E-state index contributed by atoms with van der Waals surface area (Å²) < 4.78 is 32.3. The Morgan fingerprint density at radius 3 is 2.47 bits per heavy atom. The van der Waals surface area contributed by atoms with Crippen LogP contribution in [-0.2, 0) is 23.2 Å². The average Bonchev–Trinajstić information content (AvgIpc) is 2.42. The molecule has 0 bridgehead atoms. The van der Waals surface area contributed by atoms with Gasteiger partial charge in [-0.1, -0.05) is 20.8 Å². The molecule has 1 unspecified atom stereocenters. The van der Waals surface area contributed by atoms with E-state index in [1.807, 2.05) is 20.8 Å². The van der Waals surface area contributed by atoms with Crippen LogP contribution in [0.1, 0.15) is 32.3 Å². The molecule has 86 valence electrons. The van der Waals surface area contributed by atoms with Crippen molar-refractivity contribution in [2.75, 3.05) is 0 Å². The van der Waals surface area contributed by atoms with Crippen LogP contribution in [0.5, 0.6) is 0 Å². The van der Waals surface area contributed by atoms with E-state index in [1.165, 1.54) is 0 Å². The molecule has 1 heterocycles. The third-order valence-electron chi connectivity index (χ3n) is 1.68. The van der Waals surface area contributed by atoms with Gasteiger partial charge in [-0.3, -0.25) is 4.21 Å². The van der Waals surface area contributed by atoms with Gasteiger partial charge in [0.25, 0.3) is 0 Å². The minimum absolute atomic E-state index is 0.0888. The summed E-state index contributed by atoms with van der Waals surface area (Å²) in [6.45, 7) is 5.41. The van der Waals surface area contributed by atoms with Crippen LogP contribution in [0.4, 0.5) is 0 Å². The molecule has 1 aromatic rings. The van der Waals surface area contributed by atoms with Crippen LogP contribution in [0.2, 0.25) is 0 Å². The predicted octanol–water partition coefficient (Wildman–Crippen LogP) is 0.414. The Morgan fingerprint density at radius 2 is 2.00 bits per heavy atom. The van der Waals surface area contributed by atoms with Crippen molar-refractivity contribution in [3.63, 3.8) is 0 Å². The fourth-order valence-corrected chi connectivity index (χ4v) is 1.37. The number of hydrogen-bond donors (Lipinski definition) is 1. The maximum atomic E-state index is 10.9. The van der Waals surface area contributed by atoms with Gasteiger partial charge in [0, 0.05) is 16.7 Å². The van der Waals surface area contributed by atoms with Crippen LogP contribution >= 0.6 is 0 Å². The van der Waals surface area contributed by atoms with Crippen LogP contribution in [-0.4, -0.2) is 8.76 Å². The maximum absolute atomic E-state index is 10.9. The number of nitrogens with one attached hydrogen (secondary N) is 1. The summed E-state index contributed by atoms with van der Waals surface area (Å²) in [4.78, 5) is 10.9. The summed E-state index contributed by atoms with van der Waals surface area (Å²) in [5, 5.41) is 0. The van der Waals surface area contributed by atoms with Crippen LogP contribution < -0.4 is 10.5 Å². The largest absolute Gasteiger partial charge is 0.760 e. The summed E-state index contributed by atoms with van der Waals surface area (Å²) in [5.74, 6) is -0.268. The first-order chi connectivity index (χ1) is 6.80. The fraction of sp³-hybridized carbons (Fsp3) is 0.625. The maximum Gasteiger partial charge on any atom is 0.519 e. The molecule has 0 aliphatic heterocycles. The quantitative estimate of drug-likeness (QED) is 0.764. The molecule has 15 heavy (non-hydrogen) atoms. The van der Waals surface area contributed by atoms with E-state index < -0.39 is 22.5 Å². The van der Waals surface area contributed by atoms with Crippen molar-refractivity contribution in [1.29, 1.82) is 0 Å². The second kappa shape index (κ2) is 4.30. The van der Waals surface area contributed by atoms with Crippen LogP contribution in [0.25, 0.3) is 0 Å². The van der Waals surface area contributed by atoms with E-state index in [1.54, 1.807) is 0 Å². The van der Waals surface area contributed by atoms with E-state index in [-0.39, 0.29) is 12.3 Å². The first-order valence-corrected chi connectivity index (χ1v) is 5.34. The monoisotopic (exact) mass is 234 g/mol. The van der Waals surface area contributed by atoms with Crippen molar-refractivity contribution in [2.45, 2.75) is 32.7 Å². The predicted molar refractivity (Wildman–Crippen MR) is 51.7 cm³/mol. The van der Waals surface area contributed by atoms with Gasteiger partial charge in [-0.05, 0) is 0 Å². The molecule has 0 saturated heterocycles. The second-order valence-corrected chi connectivity index (χ2v) is 4.77. The zero-order chi connectivity index (χ0) is 11.6. The van der Waals surface area contributed by atoms with E-state index in [0.29, 0.717) is 5.76 Å². The van der Waals surface area contributed by atoms with Gasteiger partial charge in [-0.15, -0.1) is 0 Å². The van der Waals surface area contributed by atoms with Gasteiger partial charge in [-0.2, -0.15) is 0 Å². The molecule has 0 saturated carbocycles. The van der Waals surface area contributed by atoms with E-state index in [0.717, 1.165) is 0 Å². The average molecular weight is 234 g/mol. The van der Waals surface area contributed by atoms with Crippen LogP contribution in [0.15, 0.2) is 13.6 Å². The molecule has 0 aromatic carbocycles. The van der Waals surface area contributed by atoms with Gasteiger partial charge >= 0.3 is 5.82 Å². The van der Waals surface area contributed by atoms with Gasteiger partial charge in [0.2, 0.25) is 0 Å². The van der Waals surface area contributed by atoms with Gasteiger partial charge < -0.3 is 13.4 Å². The molecule has 1 aromatic heterocycles. The Bertz CT molecular complexity index is 413. The van der Waals surface area contributed by atoms with Crippen molar-refractivity contribution in [2.24, 2.45) is 0 Å². The Morgan fingerprint density at radius 1 is 1.40 bits per heavy atom. The normalized spacial score (nSPS) is 14.1. The summed E-state index contributed by atoms with van der Waals surface area (Å²) in [6, 6.07) is 0. The molecule has 0 radical (unpaired) electrons. The highest BCUT2D eigenvalue weighted by Gasteiger charge is 2.25. The molecule has 7 heteroatoms. The second-order valence-electron chi connectivity index (χ2n) is 4.01. The van der Waals surface area contributed by atoms with Gasteiger partial charge in [0.15, 0.2) is 11.5 Å². The molecule has 1 atom stereocenters. The van der Waals surface area contributed by atoms with Gasteiger partial charge in [0.05, 0.1) is 6.54 Å². The Kier molecular flexibility index (Phi) is 3.48. The lowest BCUT2D eigenvalue weighted by atomic mass is 9.92. The lowest BCUT2D eigenvalue weighted by molar-refractivity contribution is 0.343. The minimum Gasteiger partial charge on any atom is -0.760 e. The molecule has 0 aliphatic carbocycles. The zero-order valence-corrected chi connectivity index (χ0v) is 9.47. The Balaban J connectivity index is 2.97. The van der Waals surface area contributed by atoms with Crippen molar-refractivity contribution in [3.8, 4) is 0 Å². The van der Waals surface area contributed by atoms with Crippen LogP contribution in [0.3, 0.4) is 0 Å². The van der Waals surface area contributed by atoms with E-state index >= 15 is 0 Å². The standard InChI is InChI=1S/C8H13NO5S/c1-8(2,3)6-5(4-9-15(11)12)13-7(10)14-6/h9H,4H2,1-3H3,(H,11,12)/p-1. The van der Waals surface area contributed by atoms with E-state index in [9.17, 15) is 13.6 Å². The molecule has 0 amide bonds. The summed E-state index contributed by atoms with van der Waals surface area (Å²) >= 11 is -2.40. The highest BCUT2D eigenvalue weighted by atomic mass is 32.2. The molecule has 0 fully saturated rings. The smallest absolute Gasteiger partial charge is 0.519 e. The summed E-state index contributed by atoms with van der Waals surface area (Å²) in [5.41, 5.74) is -0.409. The lowest BCUT2D eigenvalue weighted by Gasteiger charge is -2.15. The molecule has 1 N–H and O–H groups in total. The van der Waals surface area contributed by atoms with Crippen molar-refractivity contribution < 1.29 is 17.6 Å². The third-order valence-corrected chi connectivity index (χ3v) is 2.06.